The first-order chi connectivity index (χ1) is 13.2. The number of ether oxygens (including phenoxy) is 1. The average molecular weight is 374 g/mol. The monoisotopic (exact) mass is 374 g/mol. The van der Waals surface area contributed by atoms with Crippen molar-refractivity contribution in [3.05, 3.63) is 30.3 Å². The number of benzene rings is 1. The second kappa shape index (κ2) is 10.3. The molecule has 2 amide bonds. The van der Waals surface area contributed by atoms with Crippen molar-refractivity contribution in [2.45, 2.75) is 12.8 Å². The minimum atomic E-state index is -0.123. The molecule has 2 aliphatic rings. The molecule has 0 bridgehead atoms. The number of hydrogen-bond acceptors (Lipinski definition) is 5. The highest BCUT2D eigenvalue weighted by molar-refractivity contribution is 5.82. The molecule has 1 atom stereocenters. The van der Waals surface area contributed by atoms with Crippen LogP contribution in [-0.4, -0.2) is 80.6 Å². The normalized spacial score (nSPS) is 20.9. The molecule has 27 heavy (non-hydrogen) atoms. The number of carbonyl (C=O) groups is 2. The summed E-state index contributed by atoms with van der Waals surface area (Å²) in [6.45, 7) is 6.83. The maximum absolute atomic E-state index is 12.5. The molecule has 3 rings (SSSR count). The lowest BCUT2D eigenvalue weighted by atomic mass is 9.97. The van der Waals surface area contributed by atoms with Crippen LogP contribution in [0.5, 0.6) is 5.75 Å². The molecule has 2 saturated heterocycles. The third kappa shape index (κ3) is 6.22. The van der Waals surface area contributed by atoms with Gasteiger partial charge in [-0.25, -0.2) is 0 Å². The number of nitrogens with zero attached hydrogens (tertiary/aromatic N) is 2. The van der Waals surface area contributed by atoms with Gasteiger partial charge < -0.3 is 20.3 Å². The number of carbonyl (C=O) groups excluding carboxylic acids is 2. The van der Waals surface area contributed by atoms with Crippen LogP contribution in [0.3, 0.4) is 0 Å². The number of nitrogens with one attached hydrogen (secondary N) is 2. The maximum atomic E-state index is 12.5. The highest BCUT2D eigenvalue weighted by Gasteiger charge is 2.28. The molecular formula is C20H30N4O3. The molecule has 7 heteroatoms. The van der Waals surface area contributed by atoms with Crippen molar-refractivity contribution in [1.82, 2.24) is 20.4 Å². The first-order valence-corrected chi connectivity index (χ1v) is 9.89. The Kier molecular flexibility index (Phi) is 7.47. The number of para-hydroxylation sites is 1. The molecule has 0 spiro atoms. The Morgan fingerprint density at radius 1 is 1.15 bits per heavy atom. The molecule has 0 aromatic heterocycles. The Morgan fingerprint density at radius 2 is 1.93 bits per heavy atom. The fourth-order valence-corrected chi connectivity index (χ4v) is 3.59. The van der Waals surface area contributed by atoms with E-state index < -0.39 is 0 Å². The topological polar surface area (TPSA) is 73.9 Å². The summed E-state index contributed by atoms with van der Waals surface area (Å²) in [5, 5.41) is 6.37. The van der Waals surface area contributed by atoms with Crippen molar-refractivity contribution < 1.29 is 14.3 Å². The van der Waals surface area contributed by atoms with Gasteiger partial charge in [-0.15, -0.1) is 0 Å². The van der Waals surface area contributed by atoms with Gasteiger partial charge in [-0.3, -0.25) is 14.5 Å². The smallest absolute Gasteiger partial charge is 0.260 e. The Balaban J connectivity index is 1.38. The molecule has 0 radical (unpaired) electrons. The SMILES string of the molecule is O=C(NCCN1CCNCC1)C1CCCN(C(=O)COc2ccccc2)C1. The molecule has 0 aliphatic carbocycles. The van der Waals surface area contributed by atoms with Gasteiger partial charge in [0.1, 0.15) is 5.75 Å². The van der Waals surface area contributed by atoms with Crippen LogP contribution in [-0.2, 0) is 9.59 Å². The third-order valence-electron chi connectivity index (χ3n) is 5.19. The summed E-state index contributed by atoms with van der Waals surface area (Å²) in [5.41, 5.74) is 0. The molecule has 7 nitrogen and oxygen atoms in total. The van der Waals surface area contributed by atoms with Crippen LogP contribution in [0.1, 0.15) is 12.8 Å². The minimum Gasteiger partial charge on any atom is -0.484 e. The molecule has 1 unspecified atom stereocenters. The molecule has 0 saturated carbocycles. The number of piperidine rings is 1. The fourth-order valence-electron chi connectivity index (χ4n) is 3.59. The molecule has 1 aromatic carbocycles. The van der Waals surface area contributed by atoms with E-state index in [0.717, 1.165) is 45.6 Å². The van der Waals surface area contributed by atoms with Crippen molar-refractivity contribution in [3.8, 4) is 5.75 Å². The highest BCUT2D eigenvalue weighted by Crippen LogP contribution is 2.17. The standard InChI is InChI=1S/C20H30N4O3/c25-19(16-27-18-6-2-1-3-7-18)24-11-4-5-17(15-24)20(26)22-10-14-23-12-8-21-9-13-23/h1-3,6-7,17,21H,4-5,8-16H2,(H,22,26). The zero-order valence-corrected chi connectivity index (χ0v) is 15.9. The van der Waals surface area contributed by atoms with E-state index in [2.05, 4.69) is 15.5 Å². The van der Waals surface area contributed by atoms with E-state index in [0.29, 0.717) is 25.4 Å². The Morgan fingerprint density at radius 3 is 2.70 bits per heavy atom. The predicted molar refractivity (Wildman–Crippen MR) is 104 cm³/mol. The summed E-state index contributed by atoms with van der Waals surface area (Å²) in [5.74, 6) is 0.566. The van der Waals surface area contributed by atoms with E-state index in [1.807, 2.05) is 30.3 Å². The van der Waals surface area contributed by atoms with Gasteiger partial charge in [0.25, 0.3) is 5.91 Å². The van der Waals surface area contributed by atoms with Gasteiger partial charge in [-0.05, 0) is 25.0 Å². The quantitative estimate of drug-likeness (QED) is 0.719. The van der Waals surface area contributed by atoms with Crippen molar-refractivity contribution in [2.24, 2.45) is 5.92 Å². The first kappa shape index (κ1) is 19.6. The summed E-state index contributed by atoms with van der Waals surface area (Å²) >= 11 is 0. The molecule has 1 aromatic rings. The summed E-state index contributed by atoms with van der Waals surface area (Å²) < 4.78 is 5.55. The van der Waals surface area contributed by atoms with Gasteiger partial charge in [0.2, 0.25) is 5.91 Å². The van der Waals surface area contributed by atoms with Gasteiger partial charge in [0.15, 0.2) is 6.61 Å². The lowest BCUT2D eigenvalue weighted by Gasteiger charge is -2.32. The van der Waals surface area contributed by atoms with Crippen molar-refractivity contribution in [1.29, 1.82) is 0 Å². The van der Waals surface area contributed by atoms with Crippen LogP contribution < -0.4 is 15.4 Å². The van der Waals surface area contributed by atoms with Crippen molar-refractivity contribution in [2.75, 3.05) is 59.0 Å². The van der Waals surface area contributed by atoms with E-state index in [9.17, 15) is 9.59 Å². The summed E-state index contributed by atoms with van der Waals surface area (Å²) in [6.07, 6.45) is 1.69. The van der Waals surface area contributed by atoms with Crippen molar-refractivity contribution >= 4 is 11.8 Å². The molecule has 2 aliphatic heterocycles. The molecule has 2 N–H and O–H groups in total. The zero-order valence-electron chi connectivity index (χ0n) is 15.9. The van der Waals surface area contributed by atoms with Crippen LogP contribution in [0.15, 0.2) is 30.3 Å². The average Bonchev–Trinajstić information content (AvgIpc) is 2.73. The number of likely N-dealkylation sites (tertiary alicyclic amines) is 1. The second-order valence-corrected chi connectivity index (χ2v) is 7.16. The van der Waals surface area contributed by atoms with Crippen molar-refractivity contribution in [3.63, 3.8) is 0 Å². The summed E-state index contributed by atoms with van der Waals surface area (Å²) in [6, 6.07) is 9.32. The number of rotatable bonds is 7. The van der Waals surface area contributed by atoms with Gasteiger partial charge in [0, 0.05) is 52.4 Å². The van der Waals surface area contributed by atoms with E-state index in [1.54, 1.807) is 4.90 Å². The van der Waals surface area contributed by atoms with Gasteiger partial charge in [-0.1, -0.05) is 18.2 Å². The summed E-state index contributed by atoms with van der Waals surface area (Å²) in [7, 11) is 0. The second-order valence-electron chi connectivity index (χ2n) is 7.16. The Hall–Kier alpha value is -2.12. The van der Waals surface area contributed by atoms with Crippen LogP contribution in [0.25, 0.3) is 0 Å². The highest BCUT2D eigenvalue weighted by atomic mass is 16.5. The number of hydrogen-bond donors (Lipinski definition) is 2. The Bertz CT molecular complexity index is 605. The van der Waals surface area contributed by atoms with Crippen LogP contribution >= 0.6 is 0 Å². The van der Waals surface area contributed by atoms with Gasteiger partial charge >= 0.3 is 0 Å². The lowest BCUT2D eigenvalue weighted by Crippen LogP contribution is -2.49. The van der Waals surface area contributed by atoms with Crippen LogP contribution in [0, 0.1) is 5.92 Å². The third-order valence-corrected chi connectivity index (χ3v) is 5.19. The predicted octanol–water partition coefficient (Wildman–Crippen LogP) is 0.325. The first-order valence-electron chi connectivity index (χ1n) is 9.89. The molecule has 148 valence electrons. The molecular weight excluding hydrogens is 344 g/mol. The number of piperazine rings is 1. The van der Waals surface area contributed by atoms with E-state index in [4.69, 9.17) is 4.74 Å². The largest absolute Gasteiger partial charge is 0.484 e. The maximum Gasteiger partial charge on any atom is 0.260 e. The number of amides is 2. The Labute approximate surface area is 161 Å². The van der Waals surface area contributed by atoms with Gasteiger partial charge in [-0.2, -0.15) is 0 Å². The van der Waals surface area contributed by atoms with E-state index >= 15 is 0 Å². The molecule has 2 fully saturated rings. The van der Waals surface area contributed by atoms with E-state index in [-0.39, 0.29) is 24.3 Å². The van der Waals surface area contributed by atoms with Gasteiger partial charge in [0.05, 0.1) is 5.92 Å². The molecule has 2 heterocycles. The minimum absolute atomic E-state index is 0.0152. The van der Waals surface area contributed by atoms with E-state index in [1.165, 1.54) is 0 Å². The lowest BCUT2D eigenvalue weighted by molar-refractivity contribution is -0.137. The summed E-state index contributed by atoms with van der Waals surface area (Å²) in [4.78, 5) is 29.0. The zero-order chi connectivity index (χ0) is 18.9. The van der Waals surface area contributed by atoms with Crippen LogP contribution in [0.2, 0.25) is 0 Å². The van der Waals surface area contributed by atoms with Crippen LogP contribution in [0.4, 0.5) is 0 Å². The fraction of sp³-hybridized carbons (Fsp3) is 0.600.